The lowest BCUT2D eigenvalue weighted by molar-refractivity contribution is 0.0501. The Morgan fingerprint density at radius 2 is 2.21 bits per heavy atom. The van der Waals surface area contributed by atoms with Crippen LogP contribution in [0.3, 0.4) is 0 Å². The van der Waals surface area contributed by atoms with Crippen molar-refractivity contribution in [1.29, 1.82) is 0 Å². The number of nitrogens with one attached hydrogen (secondary N) is 3. The molecule has 0 aliphatic carbocycles. The van der Waals surface area contributed by atoms with Gasteiger partial charge in [-0.25, -0.2) is 4.79 Å². The molecule has 3 N–H and O–H groups in total. The van der Waals surface area contributed by atoms with Crippen LogP contribution in [0.2, 0.25) is 0 Å². The first-order chi connectivity index (χ1) is 8.90. The van der Waals surface area contributed by atoms with E-state index in [1.165, 1.54) is 12.8 Å². The van der Waals surface area contributed by atoms with Gasteiger partial charge in [-0.1, -0.05) is 6.92 Å². The van der Waals surface area contributed by atoms with Crippen molar-refractivity contribution >= 4 is 6.09 Å². The average molecular weight is 271 g/mol. The molecule has 112 valence electrons. The van der Waals surface area contributed by atoms with Crippen molar-refractivity contribution in [2.45, 2.75) is 64.6 Å². The number of ether oxygens (including phenoxy) is 1. The maximum Gasteiger partial charge on any atom is 0.407 e. The van der Waals surface area contributed by atoms with Crippen LogP contribution in [-0.2, 0) is 4.74 Å². The van der Waals surface area contributed by atoms with Crippen molar-refractivity contribution in [2.75, 3.05) is 19.6 Å². The SMILES string of the molecule is CCC(CNC1CCCNC1)NC(=O)OC(C)(C)C. The molecule has 0 saturated carbocycles. The lowest BCUT2D eigenvalue weighted by Gasteiger charge is -2.27. The van der Waals surface area contributed by atoms with E-state index >= 15 is 0 Å². The van der Waals surface area contributed by atoms with Gasteiger partial charge in [0.2, 0.25) is 0 Å². The molecular formula is C14H29N3O2. The van der Waals surface area contributed by atoms with Gasteiger partial charge in [0.1, 0.15) is 5.60 Å². The number of carbonyl (C=O) groups excluding carboxylic acids is 1. The molecule has 0 aromatic heterocycles. The maximum absolute atomic E-state index is 11.7. The molecule has 5 nitrogen and oxygen atoms in total. The van der Waals surface area contributed by atoms with E-state index in [1.54, 1.807) is 0 Å². The summed E-state index contributed by atoms with van der Waals surface area (Å²) < 4.78 is 5.27. The van der Waals surface area contributed by atoms with Crippen LogP contribution in [0, 0.1) is 0 Å². The fraction of sp³-hybridized carbons (Fsp3) is 0.929. The van der Waals surface area contributed by atoms with Crippen molar-refractivity contribution in [3.63, 3.8) is 0 Å². The highest BCUT2D eigenvalue weighted by molar-refractivity contribution is 5.68. The summed E-state index contributed by atoms with van der Waals surface area (Å²) in [5.74, 6) is 0. The average Bonchev–Trinajstić information content (AvgIpc) is 2.33. The van der Waals surface area contributed by atoms with Gasteiger partial charge < -0.3 is 20.7 Å². The quantitative estimate of drug-likeness (QED) is 0.711. The lowest BCUT2D eigenvalue weighted by Crippen LogP contribution is -2.49. The van der Waals surface area contributed by atoms with E-state index in [9.17, 15) is 4.79 Å². The number of rotatable bonds is 5. The topological polar surface area (TPSA) is 62.4 Å². The van der Waals surface area contributed by atoms with E-state index in [4.69, 9.17) is 4.74 Å². The number of hydrogen-bond donors (Lipinski definition) is 3. The summed E-state index contributed by atoms with van der Waals surface area (Å²) in [6.45, 7) is 10.6. The molecule has 2 unspecified atom stereocenters. The normalized spacial score (nSPS) is 21.8. The molecule has 1 amide bonds. The van der Waals surface area contributed by atoms with Gasteiger partial charge in [-0.3, -0.25) is 0 Å². The zero-order valence-electron chi connectivity index (χ0n) is 12.7. The summed E-state index contributed by atoms with van der Waals surface area (Å²) in [6, 6.07) is 0.639. The van der Waals surface area contributed by atoms with Gasteiger partial charge in [-0.2, -0.15) is 0 Å². The zero-order valence-corrected chi connectivity index (χ0v) is 12.7. The van der Waals surface area contributed by atoms with E-state index < -0.39 is 5.60 Å². The third-order valence-electron chi connectivity index (χ3n) is 3.16. The Morgan fingerprint density at radius 3 is 2.74 bits per heavy atom. The first-order valence-electron chi connectivity index (χ1n) is 7.34. The molecule has 19 heavy (non-hydrogen) atoms. The van der Waals surface area contributed by atoms with Crippen LogP contribution in [0.15, 0.2) is 0 Å². The van der Waals surface area contributed by atoms with Crippen molar-refractivity contribution in [3.8, 4) is 0 Å². The van der Waals surface area contributed by atoms with Crippen LogP contribution >= 0.6 is 0 Å². The molecule has 0 bridgehead atoms. The minimum atomic E-state index is -0.441. The predicted octanol–water partition coefficient (Wildman–Crippen LogP) is 1.63. The molecular weight excluding hydrogens is 242 g/mol. The molecule has 1 aliphatic heterocycles. The summed E-state index contributed by atoms with van der Waals surface area (Å²) in [6.07, 6.45) is 2.99. The smallest absolute Gasteiger partial charge is 0.407 e. The number of carbonyl (C=O) groups is 1. The van der Waals surface area contributed by atoms with Crippen LogP contribution in [0.5, 0.6) is 0 Å². The van der Waals surface area contributed by atoms with Gasteiger partial charge in [-0.15, -0.1) is 0 Å². The molecule has 2 atom stereocenters. The van der Waals surface area contributed by atoms with E-state index in [0.29, 0.717) is 6.04 Å². The number of hydrogen-bond acceptors (Lipinski definition) is 4. The Kier molecular flexibility index (Phi) is 6.58. The van der Waals surface area contributed by atoms with E-state index in [0.717, 1.165) is 26.1 Å². The molecule has 0 aromatic rings. The number of piperidine rings is 1. The van der Waals surface area contributed by atoms with E-state index in [-0.39, 0.29) is 12.1 Å². The Hall–Kier alpha value is -0.810. The summed E-state index contributed by atoms with van der Waals surface area (Å²) in [5, 5.41) is 9.80. The van der Waals surface area contributed by atoms with Gasteiger partial charge in [0.25, 0.3) is 0 Å². The zero-order chi connectivity index (χ0) is 14.3. The lowest BCUT2D eigenvalue weighted by atomic mass is 10.1. The highest BCUT2D eigenvalue weighted by atomic mass is 16.6. The largest absolute Gasteiger partial charge is 0.444 e. The van der Waals surface area contributed by atoms with Crippen LogP contribution in [0.1, 0.15) is 47.0 Å². The summed E-state index contributed by atoms with van der Waals surface area (Å²) in [4.78, 5) is 11.7. The second-order valence-electron chi connectivity index (χ2n) is 6.20. The van der Waals surface area contributed by atoms with Crippen LogP contribution in [0.4, 0.5) is 4.79 Å². The predicted molar refractivity (Wildman–Crippen MR) is 77.3 cm³/mol. The van der Waals surface area contributed by atoms with Crippen LogP contribution < -0.4 is 16.0 Å². The van der Waals surface area contributed by atoms with Gasteiger partial charge in [0.15, 0.2) is 0 Å². The minimum Gasteiger partial charge on any atom is -0.444 e. The molecule has 0 radical (unpaired) electrons. The number of amides is 1. The second-order valence-corrected chi connectivity index (χ2v) is 6.20. The van der Waals surface area contributed by atoms with Gasteiger partial charge >= 0.3 is 6.09 Å². The van der Waals surface area contributed by atoms with Crippen molar-refractivity contribution in [3.05, 3.63) is 0 Å². The highest BCUT2D eigenvalue weighted by Gasteiger charge is 2.19. The first-order valence-corrected chi connectivity index (χ1v) is 7.34. The van der Waals surface area contributed by atoms with Gasteiger partial charge in [0, 0.05) is 25.2 Å². The third-order valence-corrected chi connectivity index (χ3v) is 3.16. The summed E-state index contributed by atoms with van der Waals surface area (Å²) in [7, 11) is 0. The number of alkyl carbamates (subject to hydrolysis) is 1. The van der Waals surface area contributed by atoms with Crippen molar-refractivity contribution in [1.82, 2.24) is 16.0 Å². The van der Waals surface area contributed by atoms with Crippen LogP contribution in [-0.4, -0.2) is 43.4 Å². The Balaban J connectivity index is 2.26. The van der Waals surface area contributed by atoms with Crippen molar-refractivity contribution < 1.29 is 9.53 Å². The summed E-state index contributed by atoms with van der Waals surface area (Å²) >= 11 is 0. The summed E-state index contributed by atoms with van der Waals surface area (Å²) in [5.41, 5.74) is -0.441. The van der Waals surface area contributed by atoms with Gasteiger partial charge in [0.05, 0.1) is 0 Å². The molecule has 1 saturated heterocycles. The minimum absolute atomic E-state index is 0.122. The monoisotopic (exact) mass is 271 g/mol. The Bertz CT molecular complexity index is 270. The molecule has 1 heterocycles. The molecule has 1 rings (SSSR count). The standard InChI is InChI=1S/C14H29N3O2/c1-5-11(17-13(18)19-14(2,3)4)10-16-12-7-6-8-15-9-12/h11-12,15-16H,5-10H2,1-4H3,(H,17,18). The van der Waals surface area contributed by atoms with Crippen LogP contribution in [0.25, 0.3) is 0 Å². The molecule has 0 aromatic carbocycles. The van der Waals surface area contributed by atoms with Crippen molar-refractivity contribution in [2.24, 2.45) is 0 Å². The molecule has 5 heteroatoms. The molecule has 0 spiro atoms. The Morgan fingerprint density at radius 1 is 1.47 bits per heavy atom. The third kappa shape index (κ3) is 7.38. The highest BCUT2D eigenvalue weighted by Crippen LogP contribution is 2.07. The Labute approximate surface area is 116 Å². The fourth-order valence-electron chi connectivity index (χ4n) is 2.11. The van der Waals surface area contributed by atoms with E-state index in [1.807, 2.05) is 20.8 Å². The molecule has 1 fully saturated rings. The molecule has 1 aliphatic rings. The van der Waals surface area contributed by atoms with Gasteiger partial charge in [-0.05, 0) is 46.6 Å². The second kappa shape index (κ2) is 7.70. The maximum atomic E-state index is 11.7. The van der Waals surface area contributed by atoms with E-state index in [2.05, 4.69) is 22.9 Å². The fourth-order valence-corrected chi connectivity index (χ4v) is 2.11. The first kappa shape index (κ1) is 16.2.